The Kier molecular flexibility index (Phi) is 8.09. The average molecular weight is 283 g/mol. The van der Waals surface area contributed by atoms with Crippen LogP contribution in [0.2, 0.25) is 0 Å². The van der Waals surface area contributed by atoms with Gasteiger partial charge in [0.25, 0.3) is 0 Å². The van der Waals surface area contributed by atoms with E-state index in [0.717, 1.165) is 17.1 Å². The lowest BCUT2D eigenvalue weighted by molar-refractivity contribution is -0.118. The van der Waals surface area contributed by atoms with E-state index in [0.29, 0.717) is 25.5 Å². The lowest BCUT2D eigenvalue weighted by atomic mass is 10.3. The van der Waals surface area contributed by atoms with Gasteiger partial charge in [0, 0.05) is 25.2 Å². The van der Waals surface area contributed by atoms with Crippen molar-refractivity contribution in [1.82, 2.24) is 5.32 Å². The van der Waals surface area contributed by atoms with Crippen LogP contribution >= 0.6 is 11.8 Å². The van der Waals surface area contributed by atoms with Crippen LogP contribution in [0.4, 0.5) is 0 Å². The van der Waals surface area contributed by atoms with Gasteiger partial charge in [-0.1, -0.05) is 0 Å². The molecule has 19 heavy (non-hydrogen) atoms. The van der Waals surface area contributed by atoms with Crippen LogP contribution in [0.3, 0.4) is 0 Å². The molecule has 0 spiro atoms. The first-order valence-electron chi connectivity index (χ1n) is 6.37. The van der Waals surface area contributed by atoms with Crippen LogP contribution in [0.1, 0.15) is 13.3 Å². The normalized spacial score (nSPS) is 10.2. The largest absolute Gasteiger partial charge is 0.494 e. The molecule has 0 saturated heterocycles. The highest BCUT2D eigenvalue weighted by molar-refractivity contribution is 8.00. The third-order valence-electron chi connectivity index (χ3n) is 2.35. The van der Waals surface area contributed by atoms with Gasteiger partial charge in [0.15, 0.2) is 0 Å². The van der Waals surface area contributed by atoms with E-state index in [1.807, 2.05) is 31.2 Å². The fraction of sp³-hybridized carbons (Fsp3) is 0.500. The maximum atomic E-state index is 11.6. The van der Waals surface area contributed by atoms with Crippen LogP contribution in [0.5, 0.6) is 5.75 Å². The molecule has 0 aliphatic carbocycles. The molecule has 1 rings (SSSR count). The number of methoxy groups -OCH3 is 1. The summed E-state index contributed by atoms with van der Waals surface area (Å²) in [6.45, 7) is 3.95. The van der Waals surface area contributed by atoms with Crippen LogP contribution in [0.25, 0.3) is 0 Å². The molecular formula is C14H21NO3S. The van der Waals surface area contributed by atoms with Crippen molar-refractivity contribution < 1.29 is 14.3 Å². The Balaban J connectivity index is 2.22. The summed E-state index contributed by atoms with van der Waals surface area (Å²) in [5, 5.41) is 2.85. The Morgan fingerprint density at radius 2 is 2.05 bits per heavy atom. The molecule has 0 atom stereocenters. The summed E-state index contributed by atoms with van der Waals surface area (Å²) < 4.78 is 10.3. The Hall–Kier alpha value is -1.20. The minimum absolute atomic E-state index is 0.0509. The minimum Gasteiger partial charge on any atom is -0.494 e. The van der Waals surface area contributed by atoms with Gasteiger partial charge in [-0.2, -0.15) is 0 Å². The first-order chi connectivity index (χ1) is 9.26. The summed E-state index contributed by atoms with van der Waals surface area (Å²) in [7, 11) is 1.66. The zero-order chi connectivity index (χ0) is 13.9. The SMILES string of the molecule is CCOc1ccc(SCC(=O)NCCCOC)cc1. The van der Waals surface area contributed by atoms with E-state index >= 15 is 0 Å². The number of nitrogens with one attached hydrogen (secondary N) is 1. The maximum absolute atomic E-state index is 11.6. The van der Waals surface area contributed by atoms with Crippen LogP contribution in [0.15, 0.2) is 29.2 Å². The second kappa shape index (κ2) is 9.69. The average Bonchev–Trinajstić information content (AvgIpc) is 2.43. The van der Waals surface area contributed by atoms with Gasteiger partial charge in [0.05, 0.1) is 12.4 Å². The zero-order valence-corrected chi connectivity index (χ0v) is 12.3. The van der Waals surface area contributed by atoms with Crippen molar-refractivity contribution in [2.24, 2.45) is 0 Å². The lowest BCUT2D eigenvalue weighted by Gasteiger charge is -2.06. The number of thioether (sulfide) groups is 1. The van der Waals surface area contributed by atoms with E-state index in [2.05, 4.69) is 5.32 Å². The number of rotatable bonds is 9. The van der Waals surface area contributed by atoms with Gasteiger partial charge in [-0.05, 0) is 37.6 Å². The van der Waals surface area contributed by atoms with Crippen molar-refractivity contribution in [3.05, 3.63) is 24.3 Å². The van der Waals surface area contributed by atoms with Crippen molar-refractivity contribution in [2.75, 3.05) is 32.6 Å². The van der Waals surface area contributed by atoms with Gasteiger partial charge in [-0.15, -0.1) is 11.8 Å². The Morgan fingerprint density at radius 3 is 2.68 bits per heavy atom. The molecular weight excluding hydrogens is 262 g/mol. The van der Waals surface area contributed by atoms with E-state index < -0.39 is 0 Å². The third kappa shape index (κ3) is 7.08. The lowest BCUT2D eigenvalue weighted by Crippen LogP contribution is -2.26. The minimum atomic E-state index is 0.0509. The van der Waals surface area contributed by atoms with Gasteiger partial charge in [-0.3, -0.25) is 4.79 Å². The van der Waals surface area contributed by atoms with Crippen molar-refractivity contribution >= 4 is 17.7 Å². The van der Waals surface area contributed by atoms with Crippen LogP contribution in [-0.4, -0.2) is 38.5 Å². The molecule has 0 fully saturated rings. The molecule has 0 aliphatic heterocycles. The smallest absolute Gasteiger partial charge is 0.230 e. The molecule has 0 unspecified atom stereocenters. The standard InChI is InChI=1S/C14H21NO3S/c1-3-18-12-5-7-13(8-6-12)19-11-14(16)15-9-4-10-17-2/h5-8H,3-4,9-11H2,1-2H3,(H,15,16). The number of hydrogen-bond acceptors (Lipinski definition) is 4. The third-order valence-corrected chi connectivity index (χ3v) is 3.36. The Bertz CT molecular complexity index is 367. The first-order valence-corrected chi connectivity index (χ1v) is 7.36. The van der Waals surface area contributed by atoms with Crippen molar-refractivity contribution in [3.8, 4) is 5.75 Å². The summed E-state index contributed by atoms with van der Waals surface area (Å²) >= 11 is 1.52. The zero-order valence-electron chi connectivity index (χ0n) is 11.5. The van der Waals surface area contributed by atoms with Gasteiger partial charge in [0.1, 0.15) is 5.75 Å². The first kappa shape index (κ1) is 15.9. The summed E-state index contributed by atoms with van der Waals surface area (Å²) in [5.41, 5.74) is 0. The van der Waals surface area contributed by atoms with Gasteiger partial charge < -0.3 is 14.8 Å². The fourth-order valence-corrected chi connectivity index (χ4v) is 2.17. The van der Waals surface area contributed by atoms with Gasteiger partial charge >= 0.3 is 0 Å². The summed E-state index contributed by atoms with van der Waals surface area (Å²) in [6, 6.07) is 7.77. The Morgan fingerprint density at radius 1 is 1.32 bits per heavy atom. The van der Waals surface area contributed by atoms with E-state index in [1.54, 1.807) is 7.11 Å². The van der Waals surface area contributed by atoms with Crippen molar-refractivity contribution in [2.45, 2.75) is 18.2 Å². The molecule has 4 nitrogen and oxygen atoms in total. The predicted octanol–water partition coefficient (Wildman–Crippen LogP) is 2.33. The van der Waals surface area contributed by atoms with Crippen LogP contribution in [-0.2, 0) is 9.53 Å². The number of carbonyl (C=O) groups is 1. The molecule has 0 heterocycles. The molecule has 0 aliphatic rings. The van der Waals surface area contributed by atoms with Gasteiger partial charge in [-0.25, -0.2) is 0 Å². The number of hydrogen-bond donors (Lipinski definition) is 1. The fourth-order valence-electron chi connectivity index (χ4n) is 1.44. The molecule has 0 saturated carbocycles. The molecule has 0 radical (unpaired) electrons. The highest BCUT2D eigenvalue weighted by Crippen LogP contribution is 2.21. The van der Waals surface area contributed by atoms with Crippen LogP contribution < -0.4 is 10.1 Å². The molecule has 0 aromatic heterocycles. The molecule has 1 aromatic carbocycles. The molecule has 1 amide bonds. The van der Waals surface area contributed by atoms with Crippen LogP contribution in [0, 0.1) is 0 Å². The van der Waals surface area contributed by atoms with E-state index in [9.17, 15) is 4.79 Å². The molecule has 5 heteroatoms. The van der Waals surface area contributed by atoms with Crippen molar-refractivity contribution in [1.29, 1.82) is 0 Å². The van der Waals surface area contributed by atoms with E-state index in [4.69, 9.17) is 9.47 Å². The maximum Gasteiger partial charge on any atom is 0.230 e. The summed E-state index contributed by atoms with van der Waals surface area (Å²) in [6.07, 6.45) is 0.843. The predicted molar refractivity (Wildman–Crippen MR) is 77.8 cm³/mol. The Labute approximate surface area is 118 Å². The summed E-state index contributed by atoms with van der Waals surface area (Å²) in [4.78, 5) is 12.6. The number of amides is 1. The second-order valence-corrected chi connectivity index (χ2v) is 4.94. The highest BCUT2D eigenvalue weighted by atomic mass is 32.2. The van der Waals surface area contributed by atoms with E-state index in [-0.39, 0.29) is 5.91 Å². The van der Waals surface area contributed by atoms with E-state index in [1.165, 1.54) is 11.8 Å². The number of ether oxygens (including phenoxy) is 2. The highest BCUT2D eigenvalue weighted by Gasteiger charge is 2.02. The van der Waals surface area contributed by atoms with Crippen molar-refractivity contribution in [3.63, 3.8) is 0 Å². The molecule has 1 aromatic rings. The van der Waals surface area contributed by atoms with Gasteiger partial charge in [0.2, 0.25) is 5.91 Å². The molecule has 0 bridgehead atoms. The topological polar surface area (TPSA) is 47.6 Å². The quantitative estimate of drug-likeness (QED) is 0.558. The summed E-state index contributed by atoms with van der Waals surface area (Å²) in [5.74, 6) is 1.34. The number of carbonyl (C=O) groups excluding carboxylic acids is 1. The monoisotopic (exact) mass is 283 g/mol. The molecule has 1 N–H and O–H groups in total. The molecule has 106 valence electrons. The number of benzene rings is 1. The second-order valence-electron chi connectivity index (χ2n) is 3.89.